The van der Waals surface area contributed by atoms with Crippen LogP contribution >= 0.6 is 11.6 Å². The number of rotatable bonds is 5. The van der Waals surface area contributed by atoms with E-state index in [9.17, 15) is 0 Å². The normalized spacial score (nSPS) is 11.3. The van der Waals surface area contributed by atoms with E-state index < -0.39 is 0 Å². The number of nitrogens with zero attached hydrogens (tertiary/aromatic N) is 2. The molecule has 0 saturated carbocycles. The molecular formula is C15H17ClN4. The maximum Gasteiger partial charge on any atom is 0.0762 e. The van der Waals surface area contributed by atoms with E-state index in [0.717, 1.165) is 35.7 Å². The number of fused-ring (bicyclic) bond motifs is 1. The quantitative estimate of drug-likeness (QED) is 0.709. The molecule has 2 heterocycles. The van der Waals surface area contributed by atoms with Gasteiger partial charge in [0, 0.05) is 41.9 Å². The molecule has 0 radical (unpaired) electrons. The monoisotopic (exact) mass is 288 g/mol. The second-order valence-electron chi connectivity index (χ2n) is 4.91. The predicted molar refractivity (Wildman–Crippen MR) is 81.9 cm³/mol. The number of aromatic nitrogens is 3. The lowest BCUT2D eigenvalue weighted by atomic mass is 10.1. The fourth-order valence-corrected chi connectivity index (χ4v) is 2.53. The van der Waals surface area contributed by atoms with E-state index in [1.165, 1.54) is 10.9 Å². The molecule has 2 aromatic heterocycles. The van der Waals surface area contributed by atoms with Crippen molar-refractivity contribution >= 4 is 22.5 Å². The molecule has 0 unspecified atom stereocenters. The van der Waals surface area contributed by atoms with Crippen LogP contribution in [0, 0.1) is 0 Å². The summed E-state index contributed by atoms with van der Waals surface area (Å²) in [4.78, 5) is 3.28. The summed E-state index contributed by atoms with van der Waals surface area (Å²) < 4.78 is 1.82. The molecular weight excluding hydrogens is 272 g/mol. The number of hydrogen-bond donors (Lipinski definition) is 2. The van der Waals surface area contributed by atoms with Crippen LogP contribution in [0.4, 0.5) is 0 Å². The first-order chi connectivity index (χ1) is 9.72. The first-order valence-electron chi connectivity index (χ1n) is 6.67. The van der Waals surface area contributed by atoms with Crippen molar-refractivity contribution in [2.75, 3.05) is 6.54 Å². The highest BCUT2D eigenvalue weighted by Crippen LogP contribution is 2.22. The summed E-state index contributed by atoms with van der Waals surface area (Å²) in [5.41, 5.74) is 3.49. The van der Waals surface area contributed by atoms with Crippen LogP contribution < -0.4 is 5.32 Å². The van der Waals surface area contributed by atoms with Crippen LogP contribution in [0.1, 0.15) is 11.3 Å². The van der Waals surface area contributed by atoms with E-state index >= 15 is 0 Å². The van der Waals surface area contributed by atoms with Crippen molar-refractivity contribution < 1.29 is 0 Å². The smallest absolute Gasteiger partial charge is 0.0762 e. The van der Waals surface area contributed by atoms with Gasteiger partial charge in [0.15, 0.2) is 0 Å². The summed E-state index contributed by atoms with van der Waals surface area (Å²) in [7, 11) is 1.93. The van der Waals surface area contributed by atoms with Crippen molar-refractivity contribution in [1.29, 1.82) is 0 Å². The van der Waals surface area contributed by atoms with Crippen LogP contribution in [0.2, 0.25) is 5.02 Å². The molecule has 0 amide bonds. The molecule has 1 aromatic carbocycles. The maximum atomic E-state index is 6.05. The van der Waals surface area contributed by atoms with Crippen LogP contribution in [-0.4, -0.2) is 21.3 Å². The summed E-state index contributed by atoms with van der Waals surface area (Å²) in [6.45, 7) is 1.71. The number of benzene rings is 1. The Labute approximate surface area is 122 Å². The lowest BCUT2D eigenvalue weighted by molar-refractivity contribution is 0.655. The molecule has 0 bridgehead atoms. The van der Waals surface area contributed by atoms with E-state index in [0.29, 0.717) is 0 Å². The first kappa shape index (κ1) is 13.2. The van der Waals surface area contributed by atoms with E-state index in [2.05, 4.69) is 21.6 Å². The highest BCUT2D eigenvalue weighted by atomic mass is 35.5. The van der Waals surface area contributed by atoms with Gasteiger partial charge < -0.3 is 10.3 Å². The number of aryl methyl sites for hydroxylation is 1. The lowest BCUT2D eigenvalue weighted by Crippen LogP contribution is -2.17. The van der Waals surface area contributed by atoms with Gasteiger partial charge in [0.25, 0.3) is 0 Å². The summed E-state index contributed by atoms with van der Waals surface area (Å²) in [6.07, 6.45) is 4.98. The summed E-state index contributed by atoms with van der Waals surface area (Å²) in [5.74, 6) is 0. The van der Waals surface area contributed by atoms with Crippen LogP contribution in [0.3, 0.4) is 0 Å². The lowest BCUT2D eigenvalue weighted by Gasteiger charge is -2.02. The summed E-state index contributed by atoms with van der Waals surface area (Å²) in [6, 6.07) is 7.96. The fraction of sp³-hybridized carbons (Fsp3) is 0.267. The molecule has 0 atom stereocenters. The van der Waals surface area contributed by atoms with Gasteiger partial charge in [-0.3, -0.25) is 4.68 Å². The van der Waals surface area contributed by atoms with Gasteiger partial charge in [0.2, 0.25) is 0 Å². The van der Waals surface area contributed by atoms with Crippen molar-refractivity contribution in [2.24, 2.45) is 7.05 Å². The van der Waals surface area contributed by atoms with Crippen molar-refractivity contribution in [3.63, 3.8) is 0 Å². The molecule has 0 saturated heterocycles. The molecule has 3 aromatic rings. The average molecular weight is 289 g/mol. The van der Waals surface area contributed by atoms with Crippen molar-refractivity contribution in [3.8, 4) is 0 Å². The highest BCUT2D eigenvalue weighted by Gasteiger charge is 2.04. The van der Waals surface area contributed by atoms with Gasteiger partial charge in [-0.05, 0) is 42.8 Å². The van der Waals surface area contributed by atoms with Crippen molar-refractivity contribution in [3.05, 3.63) is 52.9 Å². The zero-order chi connectivity index (χ0) is 13.9. The Morgan fingerprint density at radius 2 is 2.25 bits per heavy atom. The molecule has 0 aliphatic carbocycles. The third kappa shape index (κ3) is 2.86. The van der Waals surface area contributed by atoms with Gasteiger partial charge in [0.05, 0.1) is 5.69 Å². The molecule has 5 heteroatoms. The van der Waals surface area contributed by atoms with E-state index in [-0.39, 0.29) is 0 Å². The molecule has 0 aliphatic heterocycles. The van der Waals surface area contributed by atoms with Gasteiger partial charge in [-0.25, -0.2) is 0 Å². The van der Waals surface area contributed by atoms with Gasteiger partial charge in [-0.2, -0.15) is 5.10 Å². The number of aromatic amines is 1. The molecule has 0 fully saturated rings. The first-order valence-corrected chi connectivity index (χ1v) is 7.05. The van der Waals surface area contributed by atoms with Crippen LogP contribution in [0.5, 0.6) is 0 Å². The second kappa shape index (κ2) is 5.69. The van der Waals surface area contributed by atoms with Crippen molar-refractivity contribution in [1.82, 2.24) is 20.1 Å². The molecule has 4 nitrogen and oxygen atoms in total. The second-order valence-corrected chi connectivity index (χ2v) is 5.35. The minimum atomic E-state index is 0.778. The SMILES string of the molecule is Cn1ccc(CNCCc2c[nH]c3ccc(Cl)cc23)n1. The van der Waals surface area contributed by atoms with Crippen LogP contribution in [-0.2, 0) is 20.0 Å². The zero-order valence-electron chi connectivity index (χ0n) is 11.4. The van der Waals surface area contributed by atoms with Gasteiger partial charge >= 0.3 is 0 Å². The van der Waals surface area contributed by atoms with Gasteiger partial charge in [-0.1, -0.05) is 11.6 Å². The average Bonchev–Trinajstić information content (AvgIpc) is 3.01. The Bertz CT molecular complexity index is 714. The molecule has 104 valence electrons. The van der Waals surface area contributed by atoms with Crippen molar-refractivity contribution in [2.45, 2.75) is 13.0 Å². The topological polar surface area (TPSA) is 45.6 Å². The Kier molecular flexibility index (Phi) is 3.76. The van der Waals surface area contributed by atoms with Gasteiger partial charge in [0.1, 0.15) is 0 Å². The predicted octanol–water partition coefficient (Wildman–Crippen LogP) is 2.89. The molecule has 0 spiro atoms. The van der Waals surface area contributed by atoms with E-state index in [1.807, 2.05) is 42.2 Å². The molecule has 3 rings (SSSR count). The number of hydrogen-bond acceptors (Lipinski definition) is 2. The minimum Gasteiger partial charge on any atom is -0.361 e. The molecule has 2 N–H and O–H groups in total. The third-order valence-electron chi connectivity index (χ3n) is 3.38. The number of nitrogens with one attached hydrogen (secondary N) is 2. The van der Waals surface area contributed by atoms with Crippen LogP contribution in [0.15, 0.2) is 36.7 Å². The Balaban J connectivity index is 1.58. The highest BCUT2D eigenvalue weighted by molar-refractivity contribution is 6.31. The summed E-state index contributed by atoms with van der Waals surface area (Å²) >= 11 is 6.05. The number of halogens is 1. The van der Waals surface area contributed by atoms with Crippen LogP contribution in [0.25, 0.3) is 10.9 Å². The number of H-pyrrole nitrogens is 1. The third-order valence-corrected chi connectivity index (χ3v) is 3.61. The standard InChI is InChI=1S/C15H17ClN4/c1-20-7-5-13(19-20)10-17-6-4-11-9-18-15-3-2-12(16)8-14(11)15/h2-3,5,7-9,17-18H,4,6,10H2,1H3. The molecule has 0 aliphatic rings. The fourth-order valence-electron chi connectivity index (χ4n) is 2.35. The largest absolute Gasteiger partial charge is 0.361 e. The zero-order valence-corrected chi connectivity index (χ0v) is 12.1. The Morgan fingerprint density at radius 1 is 1.35 bits per heavy atom. The van der Waals surface area contributed by atoms with E-state index in [4.69, 9.17) is 11.6 Å². The molecule has 20 heavy (non-hydrogen) atoms. The Morgan fingerprint density at radius 3 is 3.05 bits per heavy atom. The maximum absolute atomic E-state index is 6.05. The summed E-state index contributed by atoms with van der Waals surface area (Å²) in [5, 5.41) is 9.73. The van der Waals surface area contributed by atoms with Gasteiger partial charge in [-0.15, -0.1) is 0 Å². The van der Waals surface area contributed by atoms with E-state index in [1.54, 1.807) is 0 Å². The Hall–Kier alpha value is -1.78. The minimum absolute atomic E-state index is 0.778.